The molecule has 1 saturated heterocycles. The molecule has 0 aromatic carbocycles. The van der Waals surface area contributed by atoms with Gasteiger partial charge in [0.2, 0.25) is 0 Å². The summed E-state index contributed by atoms with van der Waals surface area (Å²) in [6.07, 6.45) is 3.77. The van der Waals surface area contributed by atoms with E-state index in [-0.39, 0.29) is 16.7 Å². The second-order valence-corrected chi connectivity index (χ2v) is 6.50. The Bertz CT molecular complexity index is 789. The minimum Gasteiger partial charge on any atom is -0.376 e. The standard InChI is InChI=1S/C15H21N5O3/c1-15(2)9-11(5-8-23-15)12-10-19(18-16-12)6-7-20-14(22)4-3-13(21)17-20/h3-4,10-11H,5-9H2,1-2H3,(H,17,21)/t11-/m0/s1. The smallest absolute Gasteiger partial charge is 0.265 e. The first-order valence-electron chi connectivity index (χ1n) is 7.77. The van der Waals surface area contributed by atoms with Gasteiger partial charge < -0.3 is 4.74 Å². The summed E-state index contributed by atoms with van der Waals surface area (Å²) in [6, 6.07) is 2.48. The fraction of sp³-hybridized carbons (Fsp3) is 0.600. The molecule has 8 nitrogen and oxygen atoms in total. The Morgan fingerprint density at radius 1 is 1.35 bits per heavy atom. The average Bonchev–Trinajstić information content (AvgIpc) is 2.96. The summed E-state index contributed by atoms with van der Waals surface area (Å²) in [5, 5.41) is 10.9. The number of rotatable bonds is 4. The molecule has 124 valence electrons. The van der Waals surface area contributed by atoms with Crippen LogP contribution in [0.2, 0.25) is 0 Å². The summed E-state index contributed by atoms with van der Waals surface area (Å²) >= 11 is 0. The molecule has 1 aliphatic rings. The molecule has 0 unspecified atom stereocenters. The van der Waals surface area contributed by atoms with E-state index in [0.717, 1.165) is 25.1 Å². The minimum absolute atomic E-state index is 0.135. The van der Waals surface area contributed by atoms with Crippen molar-refractivity contribution < 1.29 is 4.74 Å². The van der Waals surface area contributed by atoms with Crippen LogP contribution in [-0.4, -0.2) is 37.0 Å². The summed E-state index contributed by atoms with van der Waals surface area (Å²) in [5.74, 6) is 0.340. The molecular formula is C15H21N5O3. The highest BCUT2D eigenvalue weighted by molar-refractivity contribution is 5.05. The molecule has 1 aliphatic heterocycles. The molecular weight excluding hydrogens is 298 g/mol. The Morgan fingerprint density at radius 2 is 2.17 bits per heavy atom. The highest BCUT2D eigenvalue weighted by Gasteiger charge is 2.31. The Morgan fingerprint density at radius 3 is 2.96 bits per heavy atom. The first-order valence-corrected chi connectivity index (χ1v) is 7.77. The van der Waals surface area contributed by atoms with Crippen molar-refractivity contribution in [3.63, 3.8) is 0 Å². The van der Waals surface area contributed by atoms with Gasteiger partial charge in [0.1, 0.15) is 0 Å². The molecule has 0 saturated carbocycles. The lowest BCUT2D eigenvalue weighted by molar-refractivity contribution is -0.0597. The van der Waals surface area contributed by atoms with Gasteiger partial charge in [-0.2, -0.15) is 0 Å². The lowest BCUT2D eigenvalue weighted by Crippen LogP contribution is -2.33. The van der Waals surface area contributed by atoms with Gasteiger partial charge in [-0.05, 0) is 26.7 Å². The van der Waals surface area contributed by atoms with Crippen molar-refractivity contribution in [3.8, 4) is 0 Å². The van der Waals surface area contributed by atoms with E-state index in [1.54, 1.807) is 4.68 Å². The highest BCUT2D eigenvalue weighted by Crippen LogP contribution is 2.34. The number of nitrogens with one attached hydrogen (secondary N) is 1. The molecule has 0 radical (unpaired) electrons. The Kier molecular flexibility index (Phi) is 4.16. The van der Waals surface area contributed by atoms with Crippen LogP contribution in [0.15, 0.2) is 27.9 Å². The van der Waals surface area contributed by atoms with Crippen LogP contribution >= 0.6 is 0 Å². The number of H-pyrrole nitrogens is 1. The average molecular weight is 319 g/mol. The molecule has 1 N–H and O–H groups in total. The van der Waals surface area contributed by atoms with E-state index < -0.39 is 0 Å². The number of hydrogen-bond acceptors (Lipinski definition) is 5. The van der Waals surface area contributed by atoms with Crippen molar-refractivity contribution in [2.75, 3.05) is 6.61 Å². The van der Waals surface area contributed by atoms with Crippen LogP contribution in [0.3, 0.4) is 0 Å². The number of nitrogens with zero attached hydrogens (tertiary/aromatic N) is 4. The van der Waals surface area contributed by atoms with Crippen molar-refractivity contribution in [1.82, 2.24) is 24.8 Å². The molecule has 8 heteroatoms. The molecule has 2 aromatic rings. The highest BCUT2D eigenvalue weighted by atomic mass is 16.5. The van der Waals surface area contributed by atoms with Crippen LogP contribution in [0.4, 0.5) is 0 Å². The fourth-order valence-electron chi connectivity index (χ4n) is 2.92. The van der Waals surface area contributed by atoms with E-state index in [4.69, 9.17) is 4.74 Å². The molecule has 3 heterocycles. The summed E-state index contributed by atoms with van der Waals surface area (Å²) < 4.78 is 8.71. The SMILES string of the molecule is CC1(C)C[C@@H](c2cn(CCn3[nH]c(=O)ccc3=O)nn2)CCO1. The van der Waals surface area contributed by atoms with E-state index in [1.165, 1.54) is 16.8 Å². The Balaban J connectivity index is 1.67. The zero-order valence-electron chi connectivity index (χ0n) is 13.4. The summed E-state index contributed by atoms with van der Waals surface area (Å²) in [7, 11) is 0. The lowest BCUT2D eigenvalue weighted by Gasteiger charge is -2.34. The second kappa shape index (κ2) is 6.11. The number of aryl methyl sites for hydroxylation is 2. The molecule has 3 rings (SSSR count). The van der Waals surface area contributed by atoms with Gasteiger partial charge in [0.25, 0.3) is 11.1 Å². The van der Waals surface area contributed by atoms with Crippen molar-refractivity contribution in [2.45, 2.75) is 51.3 Å². The van der Waals surface area contributed by atoms with Crippen LogP contribution in [0.25, 0.3) is 0 Å². The van der Waals surface area contributed by atoms with E-state index in [9.17, 15) is 9.59 Å². The van der Waals surface area contributed by atoms with Crippen LogP contribution in [0, 0.1) is 0 Å². The maximum absolute atomic E-state index is 11.7. The molecule has 1 atom stereocenters. The number of aromatic amines is 1. The molecule has 0 spiro atoms. The maximum Gasteiger partial charge on any atom is 0.265 e. The van der Waals surface area contributed by atoms with Gasteiger partial charge >= 0.3 is 0 Å². The molecule has 1 fully saturated rings. The third kappa shape index (κ3) is 3.76. The van der Waals surface area contributed by atoms with E-state index >= 15 is 0 Å². The minimum atomic E-state index is -0.298. The number of aromatic nitrogens is 5. The molecule has 23 heavy (non-hydrogen) atoms. The van der Waals surface area contributed by atoms with Crippen LogP contribution in [0.1, 0.15) is 38.3 Å². The normalized spacial score (nSPS) is 20.5. The van der Waals surface area contributed by atoms with Crippen molar-refractivity contribution in [3.05, 3.63) is 44.7 Å². The van der Waals surface area contributed by atoms with Crippen molar-refractivity contribution in [2.24, 2.45) is 0 Å². The van der Waals surface area contributed by atoms with Crippen molar-refractivity contribution >= 4 is 0 Å². The number of hydrogen-bond donors (Lipinski definition) is 1. The van der Waals surface area contributed by atoms with Crippen molar-refractivity contribution in [1.29, 1.82) is 0 Å². The topological polar surface area (TPSA) is 94.8 Å². The first-order chi connectivity index (χ1) is 10.9. The molecule has 0 bridgehead atoms. The monoisotopic (exact) mass is 319 g/mol. The third-order valence-corrected chi connectivity index (χ3v) is 4.11. The van der Waals surface area contributed by atoms with Gasteiger partial charge in [-0.1, -0.05) is 5.21 Å². The van der Waals surface area contributed by atoms with Gasteiger partial charge in [0, 0.05) is 30.9 Å². The second-order valence-electron chi connectivity index (χ2n) is 6.50. The van der Waals surface area contributed by atoms with Gasteiger partial charge in [-0.3, -0.25) is 19.4 Å². The van der Waals surface area contributed by atoms with E-state index in [0.29, 0.717) is 19.0 Å². The van der Waals surface area contributed by atoms with Gasteiger partial charge in [0.05, 0.1) is 24.4 Å². The molecule has 0 aliphatic carbocycles. The molecule has 2 aromatic heterocycles. The maximum atomic E-state index is 11.7. The Hall–Kier alpha value is -2.22. The largest absolute Gasteiger partial charge is 0.376 e. The number of ether oxygens (including phenoxy) is 1. The summed E-state index contributed by atoms with van der Waals surface area (Å²) in [5.41, 5.74) is 0.281. The first kappa shape index (κ1) is 15.7. The quantitative estimate of drug-likeness (QED) is 0.885. The predicted octanol–water partition coefficient (Wildman–Crippen LogP) is 0.501. The Labute approximate surface area is 133 Å². The zero-order chi connectivity index (χ0) is 16.4. The fourth-order valence-corrected chi connectivity index (χ4v) is 2.92. The molecule has 0 amide bonds. The van der Waals surface area contributed by atoms with Crippen LogP contribution < -0.4 is 11.1 Å². The van der Waals surface area contributed by atoms with E-state index in [2.05, 4.69) is 29.3 Å². The van der Waals surface area contributed by atoms with Gasteiger partial charge in [0.15, 0.2) is 0 Å². The third-order valence-electron chi connectivity index (χ3n) is 4.11. The van der Waals surface area contributed by atoms with E-state index in [1.807, 2.05) is 6.20 Å². The lowest BCUT2D eigenvalue weighted by atomic mass is 9.86. The van der Waals surface area contributed by atoms with Crippen LogP contribution in [0.5, 0.6) is 0 Å². The zero-order valence-corrected chi connectivity index (χ0v) is 13.4. The van der Waals surface area contributed by atoms with Gasteiger partial charge in [-0.15, -0.1) is 5.10 Å². The summed E-state index contributed by atoms with van der Waals surface area (Å²) in [4.78, 5) is 22.9. The van der Waals surface area contributed by atoms with Gasteiger partial charge in [-0.25, -0.2) is 4.68 Å². The van der Waals surface area contributed by atoms with Crippen LogP contribution in [-0.2, 0) is 17.8 Å². The summed E-state index contributed by atoms with van der Waals surface area (Å²) in [6.45, 7) is 5.71. The predicted molar refractivity (Wildman–Crippen MR) is 83.4 cm³/mol.